The number of hydrogen-bond acceptors (Lipinski definition) is 0. The molecular formula is C21H16. The zero-order chi connectivity index (χ0) is 14.1. The van der Waals surface area contributed by atoms with Gasteiger partial charge >= 0.3 is 0 Å². The molecule has 0 heteroatoms. The van der Waals surface area contributed by atoms with Crippen molar-refractivity contribution in [3.63, 3.8) is 0 Å². The third kappa shape index (κ3) is 1.30. The Labute approximate surface area is 124 Å². The standard InChI is InChI=1S/C21H16/c1-12-10-17-11-16-5-3-4-14-6-7-15-8-9-18(13(12)2)20(17)21(15)19(14)16/h3-11,20H,1-2H3. The van der Waals surface area contributed by atoms with Crippen molar-refractivity contribution in [1.82, 2.24) is 0 Å². The average Bonchev–Trinajstić information content (AvgIpc) is 2.51. The fourth-order valence-electron chi connectivity index (χ4n) is 4.12. The molecule has 100 valence electrons. The van der Waals surface area contributed by atoms with Crippen molar-refractivity contribution in [2.24, 2.45) is 0 Å². The van der Waals surface area contributed by atoms with Crippen molar-refractivity contribution in [2.45, 2.75) is 19.8 Å². The van der Waals surface area contributed by atoms with E-state index in [2.05, 4.69) is 68.5 Å². The van der Waals surface area contributed by atoms with Crippen LogP contribution in [-0.4, -0.2) is 0 Å². The molecule has 0 aliphatic heterocycles. The van der Waals surface area contributed by atoms with E-state index in [9.17, 15) is 0 Å². The molecule has 1 unspecified atom stereocenters. The summed E-state index contributed by atoms with van der Waals surface area (Å²) in [5.41, 5.74) is 10.0. The molecule has 0 fully saturated rings. The van der Waals surface area contributed by atoms with Crippen LogP contribution < -0.4 is 0 Å². The molecular weight excluding hydrogens is 252 g/mol. The van der Waals surface area contributed by atoms with Crippen molar-refractivity contribution in [3.8, 4) is 0 Å². The molecule has 3 aliphatic rings. The number of benzene rings is 2. The summed E-state index contributed by atoms with van der Waals surface area (Å²) >= 11 is 0. The van der Waals surface area contributed by atoms with Crippen LogP contribution in [0.3, 0.4) is 0 Å². The summed E-state index contributed by atoms with van der Waals surface area (Å²) in [6, 6.07) is 11.2. The van der Waals surface area contributed by atoms with Gasteiger partial charge in [-0.15, -0.1) is 0 Å². The Morgan fingerprint density at radius 1 is 0.857 bits per heavy atom. The first kappa shape index (κ1) is 11.3. The van der Waals surface area contributed by atoms with Gasteiger partial charge in [0.1, 0.15) is 0 Å². The van der Waals surface area contributed by atoms with Crippen molar-refractivity contribution < 1.29 is 0 Å². The Morgan fingerprint density at radius 2 is 1.76 bits per heavy atom. The maximum atomic E-state index is 2.39. The van der Waals surface area contributed by atoms with Crippen LogP contribution in [0.1, 0.15) is 36.5 Å². The lowest BCUT2D eigenvalue weighted by molar-refractivity contribution is 0.933. The van der Waals surface area contributed by atoms with Crippen LogP contribution >= 0.6 is 0 Å². The highest BCUT2D eigenvalue weighted by molar-refractivity contribution is 6.01. The highest BCUT2D eigenvalue weighted by atomic mass is 14.4. The normalized spacial score (nSPS) is 21.5. The molecule has 0 nitrogen and oxygen atoms in total. The van der Waals surface area contributed by atoms with Gasteiger partial charge < -0.3 is 0 Å². The second kappa shape index (κ2) is 3.65. The van der Waals surface area contributed by atoms with E-state index < -0.39 is 0 Å². The first-order valence-corrected chi connectivity index (χ1v) is 7.59. The van der Waals surface area contributed by atoms with Crippen LogP contribution in [0.15, 0.2) is 64.8 Å². The first-order valence-electron chi connectivity index (χ1n) is 7.59. The summed E-state index contributed by atoms with van der Waals surface area (Å²) in [5, 5.41) is 2.81. The van der Waals surface area contributed by atoms with Gasteiger partial charge in [-0.05, 0) is 63.6 Å². The zero-order valence-corrected chi connectivity index (χ0v) is 12.3. The van der Waals surface area contributed by atoms with Crippen molar-refractivity contribution >= 4 is 22.9 Å². The van der Waals surface area contributed by atoms with E-state index in [1.807, 2.05) is 0 Å². The van der Waals surface area contributed by atoms with Crippen LogP contribution in [0.5, 0.6) is 0 Å². The maximum absolute atomic E-state index is 2.39. The van der Waals surface area contributed by atoms with Gasteiger partial charge in [0.2, 0.25) is 0 Å². The van der Waals surface area contributed by atoms with Crippen LogP contribution in [-0.2, 0) is 0 Å². The van der Waals surface area contributed by atoms with Crippen LogP contribution in [0.4, 0.5) is 0 Å². The predicted molar refractivity (Wildman–Crippen MR) is 90.2 cm³/mol. The quantitative estimate of drug-likeness (QED) is 0.581. The van der Waals surface area contributed by atoms with Gasteiger partial charge in [0.25, 0.3) is 0 Å². The lowest BCUT2D eigenvalue weighted by Crippen LogP contribution is -2.17. The molecule has 0 spiro atoms. The molecule has 5 rings (SSSR count). The zero-order valence-electron chi connectivity index (χ0n) is 12.3. The summed E-state index contributed by atoms with van der Waals surface area (Å²) in [4.78, 5) is 0. The molecule has 3 aliphatic carbocycles. The second-order valence-corrected chi connectivity index (χ2v) is 6.33. The van der Waals surface area contributed by atoms with E-state index in [-0.39, 0.29) is 0 Å². The van der Waals surface area contributed by atoms with E-state index in [1.54, 1.807) is 0 Å². The highest BCUT2D eigenvalue weighted by Crippen LogP contribution is 2.51. The molecule has 2 aromatic rings. The third-order valence-corrected chi connectivity index (χ3v) is 5.26. The van der Waals surface area contributed by atoms with Gasteiger partial charge in [0, 0.05) is 5.92 Å². The molecule has 0 saturated heterocycles. The molecule has 2 aromatic carbocycles. The SMILES string of the molecule is CC1=CC2=Cc3cccc4ccc5c(c34)C2C(=C1C)C=C5. The molecule has 0 bridgehead atoms. The van der Waals surface area contributed by atoms with Gasteiger partial charge in [-0.2, -0.15) is 0 Å². The van der Waals surface area contributed by atoms with E-state index in [4.69, 9.17) is 0 Å². The minimum absolute atomic E-state index is 0.437. The van der Waals surface area contributed by atoms with Crippen LogP contribution in [0, 0.1) is 0 Å². The van der Waals surface area contributed by atoms with Gasteiger partial charge in [-0.1, -0.05) is 54.6 Å². The minimum Gasteiger partial charge on any atom is -0.0610 e. The Hall–Kier alpha value is -2.34. The van der Waals surface area contributed by atoms with Crippen molar-refractivity contribution in [1.29, 1.82) is 0 Å². The fourth-order valence-corrected chi connectivity index (χ4v) is 4.12. The molecule has 0 amide bonds. The summed E-state index contributed by atoms with van der Waals surface area (Å²) in [6.07, 6.45) is 9.38. The first-order chi connectivity index (χ1) is 10.2. The number of hydrogen-bond donors (Lipinski definition) is 0. The molecule has 0 heterocycles. The summed E-state index contributed by atoms with van der Waals surface area (Å²) in [5.74, 6) is 0.437. The third-order valence-electron chi connectivity index (χ3n) is 5.26. The van der Waals surface area contributed by atoms with Gasteiger partial charge in [-0.25, -0.2) is 0 Å². The lowest BCUT2D eigenvalue weighted by Gasteiger charge is -2.35. The van der Waals surface area contributed by atoms with Crippen molar-refractivity contribution in [2.75, 3.05) is 0 Å². The maximum Gasteiger partial charge on any atom is 0.0355 e. The topological polar surface area (TPSA) is 0 Å². The Kier molecular flexibility index (Phi) is 1.97. The molecule has 0 saturated carbocycles. The van der Waals surface area contributed by atoms with Gasteiger partial charge in [0.15, 0.2) is 0 Å². The predicted octanol–water partition coefficient (Wildman–Crippen LogP) is 5.62. The summed E-state index contributed by atoms with van der Waals surface area (Å²) < 4.78 is 0. The number of allylic oxidation sites excluding steroid dienone is 6. The Bertz CT molecular complexity index is 945. The van der Waals surface area contributed by atoms with Gasteiger partial charge in [0.05, 0.1) is 0 Å². The minimum atomic E-state index is 0.437. The van der Waals surface area contributed by atoms with Gasteiger partial charge in [-0.3, -0.25) is 0 Å². The number of rotatable bonds is 0. The molecule has 0 N–H and O–H groups in total. The molecule has 21 heavy (non-hydrogen) atoms. The molecule has 0 radical (unpaired) electrons. The van der Waals surface area contributed by atoms with E-state index in [0.29, 0.717) is 5.92 Å². The smallest absolute Gasteiger partial charge is 0.0355 e. The molecule has 0 aromatic heterocycles. The summed E-state index contributed by atoms with van der Waals surface area (Å²) in [6.45, 7) is 4.48. The monoisotopic (exact) mass is 268 g/mol. The van der Waals surface area contributed by atoms with Crippen LogP contribution in [0.2, 0.25) is 0 Å². The highest BCUT2D eigenvalue weighted by Gasteiger charge is 2.32. The van der Waals surface area contributed by atoms with Crippen molar-refractivity contribution in [3.05, 3.63) is 81.5 Å². The fraction of sp³-hybridized carbons (Fsp3) is 0.143. The Morgan fingerprint density at radius 3 is 2.67 bits per heavy atom. The van der Waals surface area contributed by atoms with E-state index in [1.165, 1.54) is 49.8 Å². The lowest BCUT2D eigenvalue weighted by atomic mass is 9.68. The second-order valence-electron chi connectivity index (χ2n) is 6.33. The summed E-state index contributed by atoms with van der Waals surface area (Å²) in [7, 11) is 0. The average molecular weight is 268 g/mol. The largest absolute Gasteiger partial charge is 0.0610 e. The van der Waals surface area contributed by atoms with E-state index >= 15 is 0 Å². The van der Waals surface area contributed by atoms with Crippen LogP contribution in [0.25, 0.3) is 22.9 Å². The molecule has 1 atom stereocenters. The Balaban J connectivity index is 2.01. The van der Waals surface area contributed by atoms with E-state index in [0.717, 1.165) is 0 Å².